The molecule has 6 heteroatoms. The lowest BCUT2D eigenvalue weighted by Gasteiger charge is -2.27. The van der Waals surface area contributed by atoms with Crippen LogP contribution in [-0.4, -0.2) is 11.9 Å². The van der Waals surface area contributed by atoms with E-state index in [1.165, 1.54) is 10.4 Å². The minimum absolute atomic E-state index is 0.00171. The number of thiophene rings is 1. The Hall–Kier alpha value is -1.68. The molecule has 2 atom stereocenters. The van der Waals surface area contributed by atoms with Crippen molar-refractivity contribution in [1.29, 1.82) is 5.26 Å². The van der Waals surface area contributed by atoms with E-state index in [4.69, 9.17) is 0 Å². The summed E-state index contributed by atoms with van der Waals surface area (Å²) in [5, 5.41) is 17.2. The number of fused-ring (bicyclic) bond motifs is 1. The van der Waals surface area contributed by atoms with Crippen molar-refractivity contribution < 1.29 is 4.79 Å². The first-order valence-corrected chi connectivity index (χ1v) is 11.9. The van der Waals surface area contributed by atoms with E-state index in [9.17, 15) is 10.1 Å². The Bertz CT molecular complexity index is 896. The molecule has 4 nitrogen and oxygen atoms in total. The number of nitriles is 1. The Morgan fingerprint density at radius 1 is 1.31 bits per heavy atom. The fourth-order valence-corrected chi connectivity index (χ4v) is 5.55. The molecule has 29 heavy (non-hydrogen) atoms. The van der Waals surface area contributed by atoms with E-state index < -0.39 is 0 Å². The number of halogens is 1. The molecule has 1 amide bonds. The molecule has 1 heterocycles. The predicted octanol–water partition coefficient (Wildman–Crippen LogP) is 5.97. The van der Waals surface area contributed by atoms with Gasteiger partial charge in [-0.25, -0.2) is 0 Å². The van der Waals surface area contributed by atoms with Crippen LogP contribution in [0.2, 0.25) is 0 Å². The highest BCUT2D eigenvalue weighted by Crippen LogP contribution is 2.38. The summed E-state index contributed by atoms with van der Waals surface area (Å²) in [4.78, 5) is 13.7. The fourth-order valence-electron chi connectivity index (χ4n) is 4.01. The van der Waals surface area contributed by atoms with Crippen LogP contribution in [-0.2, 0) is 17.6 Å². The molecule has 1 aliphatic rings. The number of carbonyl (C=O) groups excluding carboxylic acids is 1. The van der Waals surface area contributed by atoms with Crippen LogP contribution in [0.1, 0.15) is 67.6 Å². The number of rotatable bonds is 7. The van der Waals surface area contributed by atoms with Gasteiger partial charge in [0.2, 0.25) is 5.91 Å². The molecule has 0 aliphatic heterocycles. The summed E-state index contributed by atoms with van der Waals surface area (Å²) < 4.78 is 1.08. The van der Waals surface area contributed by atoms with E-state index in [1.807, 2.05) is 13.8 Å². The first kappa shape index (κ1) is 22.0. The van der Waals surface area contributed by atoms with Crippen molar-refractivity contribution >= 4 is 38.2 Å². The fraction of sp³-hybridized carbons (Fsp3) is 0.478. The lowest BCUT2D eigenvalue weighted by atomic mass is 9.91. The number of nitrogens with one attached hydrogen (secondary N) is 2. The lowest BCUT2D eigenvalue weighted by molar-refractivity contribution is -0.120. The lowest BCUT2D eigenvalue weighted by Crippen LogP contribution is -2.35. The van der Waals surface area contributed by atoms with Crippen molar-refractivity contribution in [2.24, 2.45) is 5.92 Å². The average molecular weight is 474 g/mol. The monoisotopic (exact) mass is 473 g/mol. The molecular formula is C23H28BrN3OS. The van der Waals surface area contributed by atoms with Crippen LogP contribution < -0.4 is 10.6 Å². The van der Waals surface area contributed by atoms with Gasteiger partial charge in [0.15, 0.2) is 0 Å². The summed E-state index contributed by atoms with van der Waals surface area (Å²) in [6.07, 6.45) is 4.40. The molecule has 2 unspecified atom stereocenters. The van der Waals surface area contributed by atoms with Gasteiger partial charge in [0.1, 0.15) is 11.1 Å². The van der Waals surface area contributed by atoms with Gasteiger partial charge in [0.25, 0.3) is 0 Å². The molecule has 2 N–H and O–H groups in total. The second kappa shape index (κ2) is 9.88. The van der Waals surface area contributed by atoms with Crippen molar-refractivity contribution in [2.45, 2.75) is 65.0 Å². The second-order valence-electron chi connectivity index (χ2n) is 7.70. The number of hydrogen-bond donors (Lipinski definition) is 2. The van der Waals surface area contributed by atoms with E-state index in [0.717, 1.165) is 47.1 Å². The molecule has 0 bridgehead atoms. The van der Waals surface area contributed by atoms with E-state index in [1.54, 1.807) is 11.3 Å². The third-order valence-electron chi connectivity index (χ3n) is 5.83. The topological polar surface area (TPSA) is 64.9 Å². The Morgan fingerprint density at radius 2 is 2.00 bits per heavy atom. The largest absolute Gasteiger partial charge is 0.316 e. The summed E-state index contributed by atoms with van der Waals surface area (Å²) >= 11 is 5.07. The van der Waals surface area contributed by atoms with Gasteiger partial charge < -0.3 is 10.6 Å². The van der Waals surface area contributed by atoms with Crippen LogP contribution >= 0.6 is 27.3 Å². The van der Waals surface area contributed by atoms with E-state index >= 15 is 0 Å². The Balaban J connectivity index is 1.71. The quantitative estimate of drug-likeness (QED) is 0.520. The van der Waals surface area contributed by atoms with Crippen molar-refractivity contribution in [3.8, 4) is 6.07 Å². The van der Waals surface area contributed by atoms with E-state index in [-0.39, 0.29) is 17.9 Å². The van der Waals surface area contributed by atoms with Crippen LogP contribution in [0, 0.1) is 17.2 Å². The van der Waals surface area contributed by atoms with E-state index in [2.05, 4.69) is 63.8 Å². The number of hydrogen-bond acceptors (Lipinski definition) is 4. The zero-order chi connectivity index (χ0) is 21.0. The highest BCUT2D eigenvalue weighted by molar-refractivity contribution is 9.10. The summed E-state index contributed by atoms with van der Waals surface area (Å²) in [6.45, 7) is 6.25. The highest BCUT2D eigenvalue weighted by atomic mass is 79.9. The molecule has 1 aliphatic carbocycles. The smallest absolute Gasteiger partial charge is 0.228 e. The molecule has 0 fully saturated rings. The molecule has 0 saturated heterocycles. The highest BCUT2D eigenvalue weighted by Gasteiger charge is 2.28. The second-order valence-corrected chi connectivity index (χ2v) is 9.72. The average Bonchev–Trinajstić information content (AvgIpc) is 3.05. The van der Waals surface area contributed by atoms with Gasteiger partial charge in [-0.05, 0) is 62.3 Å². The first-order valence-electron chi connectivity index (χ1n) is 10.3. The van der Waals surface area contributed by atoms with Crippen molar-refractivity contribution in [2.75, 3.05) is 5.32 Å². The third-order valence-corrected chi connectivity index (χ3v) is 7.52. The van der Waals surface area contributed by atoms with Crippen molar-refractivity contribution in [1.82, 2.24) is 5.32 Å². The van der Waals surface area contributed by atoms with Crippen molar-refractivity contribution in [3.63, 3.8) is 0 Å². The van der Waals surface area contributed by atoms with Gasteiger partial charge >= 0.3 is 0 Å². The van der Waals surface area contributed by atoms with Crippen LogP contribution in [0.4, 0.5) is 5.00 Å². The van der Waals surface area contributed by atoms with Crippen molar-refractivity contribution in [3.05, 3.63) is 50.3 Å². The summed E-state index contributed by atoms with van der Waals surface area (Å²) in [6, 6.07) is 11.4. The zero-order valence-corrected chi connectivity index (χ0v) is 19.6. The van der Waals surface area contributed by atoms with Gasteiger partial charge in [0.05, 0.1) is 5.56 Å². The maximum absolute atomic E-state index is 12.5. The summed E-state index contributed by atoms with van der Waals surface area (Å²) in [7, 11) is 0. The Kier molecular flexibility index (Phi) is 7.50. The normalized spacial score (nSPS) is 16.9. The Labute approximate surface area is 185 Å². The number of amides is 1. The molecule has 3 rings (SSSR count). The minimum atomic E-state index is 0.00171. The van der Waals surface area contributed by atoms with Gasteiger partial charge in [-0.2, -0.15) is 5.26 Å². The molecule has 1 aromatic carbocycles. The molecule has 0 radical (unpaired) electrons. The standard InChI is InChI=1S/C23H28BrN3OS/c1-4-15(5-2)22(28)27-23-20(13-25)19-11-10-18(12-21(19)29-23)26-14(3)16-6-8-17(24)9-7-16/h6-9,14-15,18,26H,4-5,10-12H2,1-3H3,(H,27,28). The number of carbonyl (C=O) groups is 1. The van der Waals surface area contributed by atoms with Crippen LogP contribution in [0.5, 0.6) is 0 Å². The molecular weight excluding hydrogens is 446 g/mol. The zero-order valence-electron chi connectivity index (χ0n) is 17.2. The number of benzene rings is 1. The molecule has 154 valence electrons. The first-order chi connectivity index (χ1) is 14.0. The maximum Gasteiger partial charge on any atom is 0.228 e. The van der Waals surface area contributed by atoms with E-state index in [0.29, 0.717) is 11.6 Å². The third kappa shape index (κ3) is 5.09. The molecule has 2 aromatic rings. The van der Waals surface area contributed by atoms with Crippen LogP contribution in [0.25, 0.3) is 0 Å². The molecule has 1 aromatic heterocycles. The van der Waals surface area contributed by atoms with Gasteiger partial charge in [-0.3, -0.25) is 4.79 Å². The number of anilines is 1. The predicted molar refractivity (Wildman–Crippen MR) is 123 cm³/mol. The van der Waals surface area contributed by atoms with Crippen LogP contribution in [0.15, 0.2) is 28.7 Å². The van der Waals surface area contributed by atoms with Gasteiger partial charge in [-0.15, -0.1) is 11.3 Å². The minimum Gasteiger partial charge on any atom is -0.316 e. The molecule has 0 saturated carbocycles. The number of nitrogens with zero attached hydrogens (tertiary/aromatic N) is 1. The van der Waals surface area contributed by atoms with Gasteiger partial charge in [0, 0.05) is 27.4 Å². The SMILES string of the molecule is CCC(CC)C(=O)Nc1sc2c(c1C#N)CCC(NC(C)c1ccc(Br)cc1)C2. The Morgan fingerprint density at radius 3 is 2.62 bits per heavy atom. The van der Waals surface area contributed by atoms with Crippen LogP contribution in [0.3, 0.4) is 0 Å². The van der Waals surface area contributed by atoms with Gasteiger partial charge in [-0.1, -0.05) is 41.9 Å². The molecule has 0 spiro atoms. The summed E-state index contributed by atoms with van der Waals surface area (Å²) in [5.41, 5.74) is 3.07. The summed E-state index contributed by atoms with van der Waals surface area (Å²) in [5.74, 6) is 0.0328. The maximum atomic E-state index is 12.5.